The third-order valence-corrected chi connectivity index (χ3v) is 2.65. The van der Waals surface area contributed by atoms with E-state index in [0.717, 1.165) is 0 Å². The molecule has 0 aromatic rings. The number of rotatable bonds is 4. The summed E-state index contributed by atoms with van der Waals surface area (Å²) in [7, 11) is 0. The van der Waals surface area contributed by atoms with Gasteiger partial charge in [0.15, 0.2) is 0 Å². The Morgan fingerprint density at radius 1 is 1.77 bits per heavy atom. The first-order chi connectivity index (χ1) is 6.10. The van der Waals surface area contributed by atoms with Gasteiger partial charge in [-0.15, -0.1) is 11.6 Å². The van der Waals surface area contributed by atoms with Crippen molar-refractivity contribution < 1.29 is 14.3 Å². The summed E-state index contributed by atoms with van der Waals surface area (Å²) in [6, 6.07) is 0. The quantitative estimate of drug-likeness (QED) is 0.684. The van der Waals surface area contributed by atoms with Crippen LogP contribution in [-0.4, -0.2) is 35.2 Å². The van der Waals surface area contributed by atoms with E-state index in [1.165, 1.54) is 0 Å². The highest BCUT2D eigenvalue weighted by Gasteiger charge is 2.44. The van der Waals surface area contributed by atoms with Gasteiger partial charge in [0.1, 0.15) is 11.7 Å². The van der Waals surface area contributed by atoms with Gasteiger partial charge in [0.2, 0.25) is 0 Å². The summed E-state index contributed by atoms with van der Waals surface area (Å²) < 4.78 is 12.8. The van der Waals surface area contributed by atoms with Crippen LogP contribution >= 0.6 is 11.6 Å². The van der Waals surface area contributed by atoms with Crippen molar-refractivity contribution >= 4 is 17.6 Å². The molecule has 2 atom stereocenters. The maximum atomic E-state index is 12.8. The normalized spacial score (nSPS) is 33.5. The van der Waals surface area contributed by atoms with Gasteiger partial charge in [-0.25, -0.2) is 4.39 Å². The van der Waals surface area contributed by atoms with E-state index in [4.69, 9.17) is 16.7 Å². The highest BCUT2D eigenvalue weighted by molar-refractivity contribution is 6.17. The van der Waals surface area contributed by atoms with E-state index in [-0.39, 0.29) is 13.0 Å². The molecule has 1 aliphatic heterocycles. The van der Waals surface area contributed by atoms with E-state index in [1.807, 2.05) is 0 Å². The Kier molecular flexibility index (Phi) is 3.50. The standard InChI is InChI=1S/C8H13ClFNO2/c9-3-1-2-8(7(12)13)4-6(10)5-11-8/h6,11H,1-5H2,(H,12,13)/t6-,8+/m0/s1. The fourth-order valence-corrected chi connectivity index (χ4v) is 1.79. The number of carbonyl (C=O) groups is 1. The fraction of sp³-hybridized carbons (Fsp3) is 0.875. The molecule has 5 heteroatoms. The van der Waals surface area contributed by atoms with Crippen molar-refractivity contribution in [3.8, 4) is 0 Å². The van der Waals surface area contributed by atoms with Crippen molar-refractivity contribution in [3.63, 3.8) is 0 Å². The highest BCUT2D eigenvalue weighted by atomic mass is 35.5. The van der Waals surface area contributed by atoms with Crippen molar-refractivity contribution in [1.29, 1.82) is 0 Å². The van der Waals surface area contributed by atoms with Crippen LogP contribution in [-0.2, 0) is 4.79 Å². The molecule has 1 heterocycles. The molecule has 0 amide bonds. The van der Waals surface area contributed by atoms with Gasteiger partial charge in [-0.3, -0.25) is 10.1 Å². The lowest BCUT2D eigenvalue weighted by Crippen LogP contribution is -2.47. The number of alkyl halides is 2. The lowest BCUT2D eigenvalue weighted by Gasteiger charge is -2.23. The summed E-state index contributed by atoms with van der Waals surface area (Å²) in [5, 5.41) is 11.7. The number of carboxylic acid groups (broad SMARTS) is 1. The van der Waals surface area contributed by atoms with Crippen molar-refractivity contribution in [3.05, 3.63) is 0 Å². The molecule has 1 aliphatic rings. The maximum absolute atomic E-state index is 12.8. The number of nitrogens with one attached hydrogen (secondary N) is 1. The van der Waals surface area contributed by atoms with Crippen LogP contribution in [0.1, 0.15) is 19.3 Å². The molecule has 2 N–H and O–H groups in total. The Balaban J connectivity index is 2.60. The minimum absolute atomic E-state index is 0.0548. The Morgan fingerprint density at radius 3 is 2.85 bits per heavy atom. The molecule has 13 heavy (non-hydrogen) atoms. The first-order valence-corrected chi connectivity index (χ1v) is 4.82. The average Bonchev–Trinajstić information content (AvgIpc) is 2.45. The van der Waals surface area contributed by atoms with Crippen LogP contribution in [0, 0.1) is 0 Å². The van der Waals surface area contributed by atoms with Crippen LogP contribution in [0.25, 0.3) is 0 Å². The van der Waals surface area contributed by atoms with Crippen LogP contribution in [0.5, 0.6) is 0 Å². The molecule has 76 valence electrons. The predicted octanol–water partition coefficient (Wildman–Crippen LogP) is 1.16. The molecule has 1 fully saturated rings. The van der Waals surface area contributed by atoms with Gasteiger partial charge in [0.05, 0.1) is 0 Å². The molecule has 0 aromatic carbocycles. The lowest BCUT2D eigenvalue weighted by atomic mass is 9.92. The van der Waals surface area contributed by atoms with E-state index < -0.39 is 17.7 Å². The van der Waals surface area contributed by atoms with Gasteiger partial charge < -0.3 is 5.11 Å². The number of carboxylic acids is 1. The topological polar surface area (TPSA) is 49.3 Å². The Morgan fingerprint density at radius 2 is 2.46 bits per heavy atom. The van der Waals surface area contributed by atoms with Crippen LogP contribution in [0.2, 0.25) is 0 Å². The molecule has 0 saturated carbocycles. The molecule has 3 nitrogen and oxygen atoms in total. The van der Waals surface area contributed by atoms with Gasteiger partial charge in [0, 0.05) is 18.8 Å². The molecule has 0 unspecified atom stereocenters. The molecular formula is C8H13ClFNO2. The number of aliphatic carboxylic acids is 1. The van der Waals surface area contributed by atoms with Crippen molar-refractivity contribution in [1.82, 2.24) is 5.32 Å². The first-order valence-electron chi connectivity index (χ1n) is 4.29. The minimum Gasteiger partial charge on any atom is -0.480 e. The summed E-state index contributed by atoms with van der Waals surface area (Å²) in [6.07, 6.45) is -0.00888. The molecular weight excluding hydrogens is 197 g/mol. The third kappa shape index (κ3) is 2.31. The minimum atomic E-state index is -1.08. The molecule has 0 spiro atoms. The van der Waals surface area contributed by atoms with Gasteiger partial charge in [0.25, 0.3) is 0 Å². The van der Waals surface area contributed by atoms with E-state index in [2.05, 4.69) is 5.32 Å². The maximum Gasteiger partial charge on any atom is 0.324 e. The van der Waals surface area contributed by atoms with Crippen molar-refractivity contribution in [2.75, 3.05) is 12.4 Å². The van der Waals surface area contributed by atoms with Crippen LogP contribution in [0.3, 0.4) is 0 Å². The molecule has 0 bridgehead atoms. The zero-order valence-corrected chi connectivity index (χ0v) is 7.98. The van der Waals surface area contributed by atoms with E-state index in [0.29, 0.717) is 18.7 Å². The SMILES string of the molecule is O=C(O)[C@@]1(CCCCl)C[C@H](F)CN1. The smallest absolute Gasteiger partial charge is 0.324 e. The molecule has 1 saturated heterocycles. The summed E-state index contributed by atoms with van der Waals surface area (Å²) in [4.78, 5) is 10.9. The van der Waals surface area contributed by atoms with Gasteiger partial charge in [-0.05, 0) is 12.8 Å². The van der Waals surface area contributed by atoms with Crippen molar-refractivity contribution in [2.24, 2.45) is 0 Å². The average molecular weight is 210 g/mol. The van der Waals surface area contributed by atoms with Gasteiger partial charge in [-0.2, -0.15) is 0 Å². The fourth-order valence-electron chi connectivity index (χ4n) is 1.66. The molecule has 0 aromatic heterocycles. The number of hydrogen-bond donors (Lipinski definition) is 2. The molecule has 1 rings (SSSR count). The van der Waals surface area contributed by atoms with Crippen molar-refractivity contribution in [2.45, 2.75) is 31.0 Å². The van der Waals surface area contributed by atoms with Gasteiger partial charge >= 0.3 is 5.97 Å². The Bertz CT molecular complexity index is 203. The summed E-state index contributed by atoms with van der Waals surface area (Å²) >= 11 is 5.47. The van der Waals surface area contributed by atoms with Gasteiger partial charge in [-0.1, -0.05) is 0 Å². The second kappa shape index (κ2) is 4.24. The number of hydrogen-bond acceptors (Lipinski definition) is 2. The zero-order chi connectivity index (χ0) is 9.90. The number of halogens is 2. The largest absolute Gasteiger partial charge is 0.480 e. The van der Waals surface area contributed by atoms with Crippen LogP contribution < -0.4 is 5.32 Å². The lowest BCUT2D eigenvalue weighted by molar-refractivity contribution is -0.144. The zero-order valence-electron chi connectivity index (χ0n) is 7.22. The van der Waals surface area contributed by atoms with Crippen LogP contribution in [0.15, 0.2) is 0 Å². The summed E-state index contributed by atoms with van der Waals surface area (Å²) in [5.41, 5.74) is -1.08. The van der Waals surface area contributed by atoms with E-state index in [9.17, 15) is 9.18 Å². The second-order valence-electron chi connectivity index (χ2n) is 3.36. The summed E-state index contributed by atoms with van der Waals surface area (Å²) in [6.45, 7) is 0.134. The van der Waals surface area contributed by atoms with E-state index in [1.54, 1.807) is 0 Å². The summed E-state index contributed by atoms with van der Waals surface area (Å²) in [5.74, 6) is -0.564. The monoisotopic (exact) mass is 209 g/mol. The predicted molar refractivity (Wildman–Crippen MR) is 47.8 cm³/mol. The Hall–Kier alpha value is -0.350. The van der Waals surface area contributed by atoms with Crippen LogP contribution in [0.4, 0.5) is 4.39 Å². The Labute approximate surface area is 81.3 Å². The first kappa shape index (κ1) is 10.7. The molecule has 0 aliphatic carbocycles. The van der Waals surface area contributed by atoms with E-state index >= 15 is 0 Å². The molecule has 0 radical (unpaired) electrons. The third-order valence-electron chi connectivity index (χ3n) is 2.38. The highest BCUT2D eigenvalue weighted by Crippen LogP contribution is 2.27. The second-order valence-corrected chi connectivity index (χ2v) is 3.74.